The molecule has 3 saturated carbocycles. The van der Waals surface area contributed by atoms with Crippen molar-refractivity contribution < 1.29 is 19.8 Å². The molecule has 4 nitrogen and oxygen atoms in total. The molecule has 4 heteroatoms. The average molecular weight is 344 g/mol. The first kappa shape index (κ1) is 17.0. The predicted octanol–water partition coefficient (Wildman–Crippen LogP) is 3.50. The van der Waals surface area contributed by atoms with E-state index in [0.717, 1.165) is 37.7 Å². The summed E-state index contributed by atoms with van der Waals surface area (Å²) in [4.78, 5) is 23.0. The lowest BCUT2D eigenvalue weighted by molar-refractivity contribution is -0.124. The van der Waals surface area contributed by atoms with Crippen LogP contribution in [0.5, 0.6) is 0 Å². The molecule has 0 heterocycles. The maximum absolute atomic E-state index is 11.9. The zero-order valence-corrected chi connectivity index (χ0v) is 15.1. The van der Waals surface area contributed by atoms with Crippen molar-refractivity contribution in [3.8, 4) is 0 Å². The number of aliphatic hydroxyl groups excluding tert-OH is 2. The number of fused-ring (bicyclic) bond motifs is 5. The highest BCUT2D eigenvalue weighted by molar-refractivity contribution is 5.91. The van der Waals surface area contributed by atoms with Gasteiger partial charge >= 0.3 is 0 Å². The van der Waals surface area contributed by atoms with Gasteiger partial charge in [0.15, 0.2) is 17.8 Å². The summed E-state index contributed by atoms with van der Waals surface area (Å²) in [7, 11) is 0. The number of allylic oxidation sites excluding steroid dienone is 3. The molecule has 0 amide bonds. The van der Waals surface area contributed by atoms with Gasteiger partial charge in [-0.3, -0.25) is 9.59 Å². The van der Waals surface area contributed by atoms with Crippen molar-refractivity contribution in [1.29, 1.82) is 0 Å². The summed E-state index contributed by atoms with van der Waals surface area (Å²) in [6, 6.07) is 0. The van der Waals surface area contributed by atoms with E-state index in [-0.39, 0.29) is 28.3 Å². The highest BCUT2D eigenvalue weighted by atomic mass is 16.3. The Morgan fingerprint density at radius 3 is 2.68 bits per heavy atom. The maximum Gasteiger partial charge on any atom is 0.184 e. The van der Waals surface area contributed by atoms with E-state index < -0.39 is 6.10 Å². The third-order valence-electron chi connectivity index (χ3n) is 8.10. The lowest BCUT2D eigenvalue weighted by Crippen LogP contribution is -2.55. The summed E-state index contributed by atoms with van der Waals surface area (Å²) in [5, 5.41) is 21.2. The van der Waals surface area contributed by atoms with Gasteiger partial charge in [-0.2, -0.15) is 0 Å². The van der Waals surface area contributed by atoms with Gasteiger partial charge in [-0.05, 0) is 78.8 Å². The first-order chi connectivity index (χ1) is 11.8. The molecule has 0 aromatic carbocycles. The summed E-state index contributed by atoms with van der Waals surface area (Å²) in [6.07, 6.45) is 7.61. The molecule has 0 unspecified atom stereocenters. The molecule has 2 N–H and O–H groups in total. The Hall–Kier alpha value is -1.42. The molecule has 0 aliphatic heterocycles. The lowest BCUT2D eigenvalue weighted by atomic mass is 9.46. The third-order valence-corrected chi connectivity index (χ3v) is 8.10. The van der Waals surface area contributed by atoms with Crippen molar-refractivity contribution in [2.75, 3.05) is 0 Å². The van der Waals surface area contributed by atoms with Crippen molar-refractivity contribution in [1.82, 2.24) is 0 Å². The van der Waals surface area contributed by atoms with Crippen LogP contribution in [-0.2, 0) is 9.59 Å². The monoisotopic (exact) mass is 344 g/mol. The maximum atomic E-state index is 11.9. The summed E-state index contributed by atoms with van der Waals surface area (Å²) >= 11 is 0. The van der Waals surface area contributed by atoms with Gasteiger partial charge in [0.1, 0.15) is 0 Å². The average Bonchev–Trinajstić information content (AvgIpc) is 2.91. The van der Waals surface area contributed by atoms with Crippen molar-refractivity contribution in [2.24, 2.45) is 28.6 Å². The van der Waals surface area contributed by atoms with E-state index in [0.29, 0.717) is 31.0 Å². The molecule has 0 aromatic heterocycles. The smallest absolute Gasteiger partial charge is 0.184 e. The number of aliphatic hydroxyl groups is 2. The van der Waals surface area contributed by atoms with E-state index in [9.17, 15) is 19.8 Å². The Labute approximate surface area is 149 Å². The summed E-state index contributed by atoms with van der Waals surface area (Å²) in [5.41, 5.74) is 1.71. The van der Waals surface area contributed by atoms with E-state index >= 15 is 0 Å². The van der Waals surface area contributed by atoms with Gasteiger partial charge in [0.25, 0.3) is 0 Å². The van der Waals surface area contributed by atoms with E-state index in [4.69, 9.17) is 0 Å². The van der Waals surface area contributed by atoms with E-state index in [2.05, 4.69) is 13.8 Å². The number of rotatable bonds is 1. The fraction of sp³-hybridized carbons (Fsp3) is 0.714. The summed E-state index contributed by atoms with van der Waals surface area (Å²) in [6.45, 7) is 4.36. The Morgan fingerprint density at radius 1 is 1.20 bits per heavy atom. The first-order valence-electron chi connectivity index (χ1n) is 9.61. The molecule has 25 heavy (non-hydrogen) atoms. The molecule has 4 aliphatic carbocycles. The van der Waals surface area contributed by atoms with Crippen LogP contribution in [0.1, 0.15) is 58.8 Å². The zero-order valence-electron chi connectivity index (χ0n) is 15.1. The Morgan fingerprint density at radius 2 is 1.96 bits per heavy atom. The topological polar surface area (TPSA) is 74.6 Å². The van der Waals surface area contributed by atoms with Crippen molar-refractivity contribution in [2.45, 2.75) is 64.9 Å². The standard InChI is InChI=1S/C21H28O4/c1-20-8-7-13(23)9-12(20)3-4-14-15-5-6-16(18(25)11-22)21(15,2)10-17(24)19(14)20/h9,11,14-15,17,19,24-25H,3-8,10H2,1-2H3/t14-,15-,17-,19+,20-,21-/m0/s1. The van der Waals surface area contributed by atoms with Gasteiger partial charge in [0.05, 0.1) is 6.10 Å². The molecule has 3 fully saturated rings. The van der Waals surface area contributed by atoms with Crippen LogP contribution in [0, 0.1) is 28.6 Å². The zero-order chi connectivity index (χ0) is 18.0. The molecule has 0 aromatic rings. The Bertz CT molecular complexity index is 690. The van der Waals surface area contributed by atoms with Gasteiger partial charge in [0.2, 0.25) is 0 Å². The van der Waals surface area contributed by atoms with Crippen LogP contribution in [0.15, 0.2) is 23.0 Å². The van der Waals surface area contributed by atoms with Crippen LogP contribution in [-0.4, -0.2) is 28.4 Å². The first-order valence-corrected chi connectivity index (χ1v) is 9.61. The lowest BCUT2D eigenvalue weighted by Gasteiger charge is -2.59. The number of hydrogen-bond acceptors (Lipinski definition) is 4. The van der Waals surface area contributed by atoms with Crippen molar-refractivity contribution in [3.63, 3.8) is 0 Å². The molecule has 6 atom stereocenters. The molecular formula is C21H28O4. The SMILES string of the molecule is C[C@]12CCC(=O)C=C1CC[C@@H]1[C@@H]2[C@@H](O)C[C@]2(C)C(=C(O)C=O)CC[C@@H]12. The molecule has 0 spiro atoms. The number of ketones is 1. The predicted molar refractivity (Wildman–Crippen MR) is 93.8 cm³/mol. The fourth-order valence-corrected chi connectivity index (χ4v) is 6.99. The minimum Gasteiger partial charge on any atom is -0.505 e. The Balaban J connectivity index is 1.75. The van der Waals surface area contributed by atoms with E-state index in [1.807, 2.05) is 6.08 Å². The van der Waals surface area contributed by atoms with Gasteiger partial charge in [0, 0.05) is 6.42 Å². The summed E-state index contributed by atoms with van der Waals surface area (Å²) < 4.78 is 0. The molecule has 4 aliphatic rings. The van der Waals surface area contributed by atoms with Crippen LogP contribution in [0.25, 0.3) is 0 Å². The van der Waals surface area contributed by atoms with Crippen LogP contribution in [0.2, 0.25) is 0 Å². The van der Waals surface area contributed by atoms with Crippen LogP contribution < -0.4 is 0 Å². The largest absolute Gasteiger partial charge is 0.505 e. The van der Waals surface area contributed by atoms with Gasteiger partial charge < -0.3 is 10.2 Å². The van der Waals surface area contributed by atoms with Crippen molar-refractivity contribution >= 4 is 12.1 Å². The van der Waals surface area contributed by atoms with E-state index in [1.165, 1.54) is 5.57 Å². The van der Waals surface area contributed by atoms with Crippen LogP contribution in [0.3, 0.4) is 0 Å². The van der Waals surface area contributed by atoms with Gasteiger partial charge in [-0.15, -0.1) is 0 Å². The molecule has 0 saturated heterocycles. The van der Waals surface area contributed by atoms with Crippen LogP contribution >= 0.6 is 0 Å². The molecule has 0 radical (unpaired) electrons. The molecule has 136 valence electrons. The fourth-order valence-electron chi connectivity index (χ4n) is 6.99. The molecular weight excluding hydrogens is 316 g/mol. The minimum atomic E-state index is -0.458. The molecule has 0 bridgehead atoms. The van der Waals surface area contributed by atoms with Gasteiger partial charge in [-0.1, -0.05) is 19.4 Å². The normalized spacial score (nSPS) is 48.1. The number of carbonyl (C=O) groups is 2. The third kappa shape index (κ3) is 2.22. The molecule has 4 rings (SSSR count). The number of aldehydes is 1. The second kappa shape index (κ2) is 5.54. The minimum absolute atomic E-state index is 0.0866. The van der Waals surface area contributed by atoms with Crippen molar-refractivity contribution in [3.05, 3.63) is 23.0 Å². The summed E-state index contributed by atoms with van der Waals surface area (Å²) in [5.74, 6) is 1.07. The number of hydrogen-bond donors (Lipinski definition) is 2. The second-order valence-corrected chi connectivity index (χ2v) is 9.10. The Kier molecular flexibility index (Phi) is 3.77. The highest BCUT2D eigenvalue weighted by Gasteiger charge is 2.61. The quantitative estimate of drug-likeness (QED) is 0.434. The van der Waals surface area contributed by atoms with Crippen LogP contribution in [0.4, 0.5) is 0 Å². The second-order valence-electron chi connectivity index (χ2n) is 9.10. The van der Waals surface area contributed by atoms with Gasteiger partial charge in [-0.25, -0.2) is 0 Å². The van der Waals surface area contributed by atoms with E-state index in [1.54, 1.807) is 0 Å². The number of carbonyl (C=O) groups excluding carboxylic acids is 2. The highest BCUT2D eigenvalue weighted by Crippen LogP contribution is 2.66.